The van der Waals surface area contributed by atoms with E-state index in [1.54, 1.807) is 5.57 Å². The zero-order valence-electron chi connectivity index (χ0n) is 28.7. The van der Waals surface area contributed by atoms with E-state index >= 15 is 0 Å². The molecule has 0 bridgehead atoms. The summed E-state index contributed by atoms with van der Waals surface area (Å²) in [7, 11) is 2.88. The van der Waals surface area contributed by atoms with Gasteiger partial charge in [0, 0.05) is 13.0 Å². The second-order valence-corrected chi connectivity index (χ2v) is 18.2. The highest BCUT2D eigenvalue weighted by molar-refractivity contribution is 8.77. The van der Waals surface area contributed by atoms with Gasteiger partial charge in [-0.15, -0.1) is 0 Å². The summed E-state index contributed by atoms with van der Waals surface area (Å²) in [4.78, 5) is 24.7. The number of hydrogen-bond donors (Lipinski definition) is 2. The van der Waals surface area contributed by atoms with Crippen molar-refractivity contribution in [1.82, 2.24) is 5.32 Å². The molecule has 4 rings (SSSR count). The minimum absolute atomic E-state index is 0.00273. The molecular formula is C37H64N2O3S2. The quantitative estimate of drug-likeness (QED) is 0.0709. The Kier molecular flexibility index (Phi) is 13.9. The molecule has 8 atom stereocenters. The highest BCUT2D eigenvalue weighted by atomic mass is 33.1. The van der Waals surface area contributed by atoms with Crippen LogP contribution in [0.5, 0.6) is 0 Å². The highest BCUT2D eigenvalue weighted by Gasteiger charge is 2.59. The number of amides is 1. The third kappa shape index (κ3) is 9.02. The van der Waals surface area contributed by atoms with Crippen LogP contribution in [0.3, 0.4) is 0 Å². The van der Waals surface area contributed by atoms with Gasteiger partial charge >= 0.3 is 5.97 Å². The number of nitrogens with one attached hydrogen (secondary N) is 1. The lowest BCUT2D eigenvalue weighted by atomic mass is 9.47. The van der Waals surface area contributed by atoms with E-state index in [2.05, 4.69) is 46.0 Å². The second-order valence-electron chi connectivity index (χ2n) is 15.7. The number of ether oxygens (including phenoxy) is 1. The standard InChI is InChI=1S/C37H64N2O3S2/c1-26(2)11-10-12-27(3)31-15-16-32-30-14-13-28-23-29(17-19-36(28,4)33(30)18-20-37(31,32)5)42-35(41)25-44-43-24-34(40)39-22-9-7-6-8-21-38/h13,26-27,29-33H,6-12,14-25,38H2,1-5H3,(H,39,40)/t27?,29-,30-,31+,32-,33-,36-,37+/m0/s1. The van der Waals surface area contributed by atoms with Gasteiger partial charge in [-0.25, -0.2) is 0 Å². The van der Waals surface area contributed by atoms with Crippen molar-refractivity contribution in [2.24, 2.45) is 52.1 Å². The lowest BCUT2D eigenvalue weighted by molar-refractivity contribution is -0.148. The molecule has 44 heavy (non-hydrogen) atoms. The van der Waals surface area contributed by atoms with E-state index < -0.39 is 0 Å². The van der Waals surface area contributed by atoms with Crippen molar-refractivity contribution in [2.45, 2.75) is 137 Å². The maximum absolute atomic E-state index is 12.7. The molecule has 5 nitrogen and oxygen atoms in total. The Morgan fingerprint density at radius 3 is 2.50 bits per heavy atom. The van der Waals surface area contributed by atoms with E-state index in [4.69, 9.17) is 10.5 Å². The lowest BCUT2D eigenvalue weighted by Crippen LogP contribution is -2.51. The van der Waals surface area contributed by atoms with Crippen LogP contribution in [-0.2, 0) is 14.3 Å². The fourth-order valence-electron chi connectivity index (χ4n) is 10.1. The topological polar surface area (TPSA) is 81.4 Å². The van der Waals surface area contributed by atoms with Gasteiger partial charge < -0.3 is 15.8 Å². The van der Waals surface area contributed by atoms with Gasteiger partial charge in [0.2, 0.25) is 5.91 Å². The van der Waals surface area contributed by atoms with Crippen LogP contribution in [0.1, 0.15) is 131 Å². The predicted octanol–water partition coefficient (Wildman–Crippen LogP) is 8.96. The molecule has 252 valence electrons. The second kappa shape index (κ2) is 16.9. The van der Waals surface area contributed by atoms with Crippen LogP contribution in [0.15, 0.2) is 11.6 Å². The summed E-state index contributed by atoms with van der Waals surface area (Å²) in [6.07, 6.45) is 20.9. The van der Waals surface area contributed by atoms with E-state index in [1.807, 2.05) is 0 Å². The summed E-state index contributed by atoms with van der Waals surface area (Å²) in [5.74, 6) is 5.63. The van der Waals surface area contributed by atoms with Crippen LogP contribution in [0.2, 0.25) is 0 Å². The highest BCUT2D eigenvalue weighted by Crippen LogP contribution is 2.67. The maximum atomic E-state index is 12.7. The SMILES string of the molecule is CC(C)CCCC(C)[C@H]1CC[C@H]2[C@@H]3CC=C4C[C@@H](OC(=O)CSSCC(=O)NCCCCCCN)CC[C@]4(C)[C@H]3CC[C@]12C. The summed E-state index contributed by atoms with van der Waals surface area (Å²) >= 11 is 0. The van der Waals surface area contributed by atoms with E-state index in [0.717, 1.165) is 87.0 Å². The minimum atomic E-state index is -0.140. The average Bonchev–Trinajstić information content (AvgIpc) is 3.34. The first-order valence-electron chi connectivity index (χ1n) is 18.2. The Balaban J connectivity index is 1.20. The average molecular weight is 649 g/mol. The van der Waals surface area contributed by atoms with E-state index in [-0.39, 0.29) is 23.4 Å². The van der Waals surface area contributed by atoms with Crippen LogP contribution in [0.4, 0.5) is 0 Å². The fraction of sp³-hybridized carbons (Fsp3) is 0.892. The molecule has 4 aliphatic rings. The summed E-state index contributed by atoms with van der Waals surface area (Å²) in [6, 6.07) is 0. The number of hydrogen-bond acceptors (Lipinski definition) is 6. The van der Waals surface area contributed by atoms with Gasteiger partial charge in [-0.2, -0.15) is 0 Å². The summed E-state index contributed by atoms with van der Waals surface area (Å²) in [5.41, 5.74) is 7.89. The molecule has 0 saturated heterocycles. The van der Waals surface area contributed by atoms with Gasteiger partial charge in [0.05, 0.1) is 5.75 Å². The van der Waals surface area contributed by atoms with Crippen molar-refractivity contribution < 1.29 is 14.3 Å². The zero-order valence-corrected chi connectivity index (χ0v) is 30.3. The van der Waals surface area contributed by atoms with Crippen LogP contribution in [-0.4, -0.2) is 42.6 Å². The first-order chi connectivity index (χ1) is 21.1. The third-order valence-corrected chi connectivity index (χ3v) is 14.6. The molecule has 4 aliphatic carbocycles. The molecule has 0 aromatic carbocycles. The Morgan fingerprint density at radius 1 is 0.955 bits per heavy atom. The van der Waals surface area contributed by atoms with E-state index in [1.165, 1.54) is 73.0 Å². The van der Waals surface area contributed by atoms with Gasteiger partial charge in [-0.3, -0.25) is 9.59 Å². The van der Waals surface area contributed by atoms with Crippen LogP contribution < -0.4 is 11.1 Å². The molecule has 0 spiro atoms. The monoisotopic (exact) mass is 648 g/mol. The number of esters is 1. The largest absolute Gasteiger partial charge is 0.461 e. The van der Waals surface area contributed by atoms with Crippen molar-refractivity contribution in [2.75, 3.05) is 24.6 Å². The summed E-state index contributed by atoms with van der Waals surface area (Å²) in [6.45, 7) is 14.0. The molecule has 3 saturated carbocycles. The number of allylic oxidation sites excluding steroid dienone is 1. The number of carbonyl (C=O) groups excluding carboxylic acids is 2. The molecule has 0 aliphatic heterocycles. The summed E-state index contributed by atoms with van der Waals surface area (Å²) < 4.78 is 5.99. The smallest absolute Gasteiger partial charge is 0.317 e. The zero-order chi connectivity index (χ0) is 31.7. The van der Waals surface area contributed by atoms with Gasteiger partial charge in [0.15, 0.2) is 0 Å². The van der Waals surface area contributed by atoms with Crippen molar-refractivity contribution in [1.29, 1.82) is 0 Å². The Bertz CT molecular complexity index is 972. The molecule has 0 heterocycles. The molecular weight excluding hydrogens is 585 g/mol. The van der Waals surface area contributed by atoms with Crippen LogP contribution >= 0.6 is 21.6 Å². The normalized spacial score (nSPS) is 33.6. The Labute approximate surface area is 277 Å². The van der Waals surface area contributed by atoms with Crippen LogP contribution in [0, 0.1) is 46.3 Å². The number of unbranched alkanes of at least 4 members (excludes halogenated alkanes) is 3. The molecule has 7 heteroatoms. The van der Waals surface area contributed by atoms with E-state index in [0.29, 0.717) is 23.5 Å². The van der Waals surface area contributed by atoms with Crippen molar-refractivity contribution in [3.05, 3.63) is 11.6 Å². The number of rotatable bonds is 17. The fourth-order valence-corrected chi connectivity index (χ4v) is 11.7. The minimum Gasteiger partial charge on any atom is -0.461 e. The first kappa shape index (κ1) is 36.2. The maximum Gasteiger partial charge on any atom is 0.317 e. The van der Waals surface area contributed by atoms with Crippen molar-refractivity contribution >= 4 is 33.5 Å². The van der Waals surface area contributed by atoms with Crippen molar-refractivity contribution in [3.63, 3.8) is 0 Å². The van der Waals surface area contributed by atoms with Gasteiger partial charge in [-0.05, 0) is 111 Å². The van der Waals surface area contributed by atoms with Crippen molar-refractivity contribution in [3.8, 4) is 0 Å². The van der Waals surface area contributed by atoms with Gasteiger partial charge in [0.25, 0.3) is 0 Å². The predicted molar refractivity (Wildman–Crippen MR) is 188 cm³/mol. The third-order valence-electron chi connectivity index (χ3n) is 12.5. The molecule has 0 aromatic heterocycles. The molecule has 3 N–H and O–H groups in total. The van der Waals surface area contributed by atoms with Crippen LogP contribution in [0.25, 0.3) is 0 Å². The number of carbonyl (C=O) groups is 2. The molecule has 1 unspecified atom stereocenters. The number of fused-ring (bicyclic) bond motifs is 5. The molecule has 1 amide bonds. The Hall–Kier alpha value is -0.660. The number of nitrogens with two attached hydrogens (primary N) is 1. The van der Waals surface area contributed by atoms with Gasteiger partial charge in [-0.1, -0.05) is 100.0 Å². The lowest BCUT2D eigenvalue weighted by Gasteiger charge is -2.58. The molecule has 0 aromatic rings. The first-order valence-corrected chi connectivity index (χ1v) is 20.7. The Morgan fingerprint density at radius 2 is 1.73 bits per heavy atom. The van der Waals surface area contributed by atoms with E-state index in [9.17, 15) is 9.59 Å². The molecule has 3 fully saturated rings. The van der Waals surface area contributed by atoms with Gasteiger partial charge in [0.1, 0.15) is 11.9 Å². The molecule has 0 radical (unpaired) electrons. The summed E-state index contributed by atoms with van der Waals surface area (Å²) in [5, 5.41) is 2.97.